The fourth-order valence-corrected chi connectivity index (χ4v) is 3.21. The third kappa shape index (κ3) is 6.30. The first-order chi connectivity index (χ1) is 10.3. The summed E-state index contributed by atoms with van der Waals surface area (Å²) in [7, 11) is 3.47. The minimum Gasteiger partial charge on any atom is -0.383 e. The van der Waals surface area contributed by atoms with E-state index in [0.717, 1.165) is 57.4 Å². The Bertz CT molecular complexity index is 385. The number of hydrogen-bond acceptors (Lipinski definition) is 6. The van der Waals surface area contributed by atoms with Crippen LogP contribution in [-0.2, 0) is 22.4 Å². The maximum absolute atomic E-state index is 5.18. The van der Waals surface area contributed by atoms with Crippen molar-refractivity contribution in [3.05, 3.63) is 10.6 Å². The van der Waals surface area contributed by atoms with Gasteiger partial charge in [-0.25, -0.2) is 4.98 Å². The minimum absolute atomic E-state index is 0.734. The summed E-state index contributed by atoms with van der Waals surface area (Å²) in [6, 6.07) is 0. The molecule has 5 nitrogen and oxygen atoms in total. The lowest BCUT2D eigenvalue weighted by molar-refractivity contribution is 0.199. The summed E-state index contributed by atoms with van der Waals surface area (Å²) in [5, 5.41) is 4.53. The second kappa shape index (κ2) is 11.0. The standard InChI is InChI=1S/C15H29N3O2S/c1-5-7-13-14(12-16-8-10-19-3)21-15(17-13)18(6-2)9-11-20-4/h16H,5-12H2,1-4H3. The quantitative estimate of drug-likeness (QED) is 0.600. The number of aromatic nitrogens is 1. The molecule has 0 bridgehead atoms. The van der Waals surface area contributed by atoms with Crippen LogP contribution in [0.2, 0.25) is 0 Å². The van der Waals surface area contributed by atoms with Gasteiger partial charge in [-0.05, 0) is 13.3 Å². The second-order valence-corrected chi connectivity index (χ2v) is 5.92. The predicted octanol–water partition coefficient (Wildman–Crippen LogP) is 2.30. The Labute approximate surface area is 132 Å². The zero-order valence-corrected chi connectivity index (χ0v) is 14.6. The van der Waals surface area contributed by atoms with Gasteiger partial charge in [0, 0.05) is 45.3 Å². The van der Waals surface area contributed by atoms with Crippen molar-refractivity contribution in [2.45, 2.75) is 33.2 Å². The molecular formula is C15H29N3O2S. The summed E-state index contributed by atoms with van der Waals surface area (Å²) in [6.07, 6.45) is 2.16. The van der Waals surface area contributed by atoms with Crippen LogP contribution in [0.15, 0.2) is 0 Å². The zero-order chi connectivity index (χ0) is 15.5. The summed E-state index contributed by atoms with van der Waals surface area (Å²) >= 11 is 1.80. The number of hydrogen-bond donors (Lipinski definition) is 1. The number of likely N-dealkylation sites (N-methyl/N-ethyl adjacent to an activating group) is 1. The molecule has 0 unspecified atom stereocenters. The van der Waals surface area contributed by atoms with Gasteiger partial charge in [0.1, 0.15) is 0 Å². The molecule has 0 aliphatic heterocycles. The number of nitrogens with zero attached hydrogens (tertiary/aromatic N) is 2. The smallest absolute Gasteiger partial charge is 0.185 e. The number of ether oxygens (including phenoxy) is 2. The summed E-state index contributed by atoms with van der Waals surface area (Å²) in [5.41, 5.74) is 1.23. The molecule has 1 aromatic heterocycles. The Kier molecular flexibility index (Phi) is 9.58. The maximum Gasteiger partial charge on any atom is 0.185 e. The predicted molar refractivity (Wildman–Crippen MR) is 89.5 cm³/mol. The monoisotopic (exact) mass is 315 g/mol. The molecule has 0 radical (unpaired) electrons. The van der Waals surface area contributed by atoms with E-state index in [2.05, 4.69) is 24.1 Å². The minimum atomic E-state index is 0.734. The van der Waals surface area contributed by atoms with Crippen molar-refractivity contribution in [3.8, 4) is 0 Å². The number of methoxy groups -OCH3 is 2. The number of aryl methyl sites for hydroxylation is 1. The van der Waals surface area contributed by atoms with E-state index in [4.69, 9.17) is 14.5 Å². The van der Waals surface area contributed by atoms with Gasteiger partial charge in [-0.2, -0.15) is 0 Å². The van der Waals surface area contributed by atoms with Gasteiger partial charge in [0.15, 0.2) is 5.13 Å². The molecule has 21 heavy (non-hydrogen) atoms. The number of anilines is 1. The molecule has 0 saturated carbocycles. The third-order valence-electron chi connectivity index (χ3n) is 3.24. The Morgan fingerprint density at radius 1 is 1.19 bits per heavy atom. The molecule has 122 valence electrons. The van der Waals surface area contributed by atoms with Gasteiger partial charge >= 0.3 is 0 Å². The zero-order valence-electron chi connectivity index (χ0n) is 13.8. The van der Waals surface area contributed by atoms with E-state index in [9.17, 15) is 0 Å². The molecule has 1 heterocycles. The van der Waals surface area contributed by atoms with Crippen LogP contribution in [0.4, 0.5) is 5.13 Å². The summed E-state index contributed by atoms with van der Waals surface area (Å²) in [5.74, 6) is 0. The summed E-state index contributed by atoms with van der Waals surface area (Å²) in [4.78, 5) is 8.47. The number of nitrogens with one attached hydrogen (secondary N) is 1. The molecule has 0 aromatic carbocycles. The first kappa shape index (κ1) is 18.4. The molecule has 0 aliphatic carbocycles. The molecule has 0 amide bonds. The van der Waals surface area contributed by atoms with Gasteiger partial charge in [0.25, 0.3) is 0 Å². The second-order valence-electron chi connectivity index (χ2n) is 4.86. The molecule has 0 atom stereocenters. The summed E-state index contributed by atoms with van der Waals surface area (Å²) < 4.78 is 10.2. The van der Waals surface area contributed by atoms with Crippen LogP contribution >= 0.6 is 11.3 Å². The van der Waals surface area contributed by atoms with Gasteiger partial charge in [0.2, 0.25) is 0 Å². The van der Waals surface area contributed by atoms with Gasteiger partial charge in [0.05, 0.1) is 18.9 Å². The lowest BCUT2D eigenvalue weighted by Gasteiger charge is -2.18. The molecule has 6 heteroatoms. The van der Waals surface area contributed by atoms with Crippen molar-refractivity contribution in [2.24, 2.45) is 0 Å². The highest BCUT2D eigenvalue weighted by Crippen LogP contribution is 2.27. The van der Waals surface area contributed by atoms with Gasteiger partial charge in [-0.3, -0.25) is 0 Å². The van der Waals surface area contributed by atoms with E-state index in [1.54, 1.807) is 25.6 Å². The normalized spacial score (nSPS) is 11.0. The molecule has 0 aliphatic rings. The van der Waals surface area contributed by atoms with Crippen LogP contribution in [0, 0.1) is 0 Å². The molecule has 1 aromatic rings. The number of thiazole rings is 1. The van der Waals surface area contributed by atoms with Crippen LogP contribution in [0.5, 0.6) is 0 Å². The highest BCUT2D eigenvalue weighted by Gasteiger charge is 2.14. The number of rotatable bonds is 12. The van der Waals surface area contributed by atoms with Crippen molar-refractivity contribution < 1.29 is 9.47 Å². The Balaban J connectivity index is 2.71. The first-order valence-corrected chi connectivity index (χ1v) is 8.50. The van der Waals surface area contributed by atoms with Gasteiger partial charge in [-0.1, -0.05) is 13.3 Å². The fourth-order valence-electron chi connectivity index (χ4n) is 2.04. The van der Waals surface area contributed by atoms with Crippen molar-refractivity contribution in [3.63, 3.8) is 0 Å². The molecule has 0 fully saturated rings. The van der Waals surface area contributed by atoms with Crippen LogP contribution in [0.25, 0.3) is 0 Å². The van der Waals surface area contributed by atoms with Gasteiger partial charge in [-0.15, -0.1) is 11.3 Å². The lowest BCUT2D eigenvalue weighted by atomic mass is 10.2. The molecule has 1 rings (SSSR count). The summed E-state index contributed by atoms with van der Waals surface area (Å²) in [6.45, 7) is 9.43. The molecular weight excluding hydrogens is 286 g/mol. The van der Waals surface area contributed by atoms with Crippen molar-refractivity contribution in [1.29, 1.82) is 0 Å². The topological polar surface area (TPSA) is 46.6 Å². The van der Waals surface area contributed by atoms with Crippen LogP contribution in [0.1, 0.15) is 30.8 Å². The van der Waals surface area contributed by atoms with E-state index < -0.39 is 0 Å². The molecule has 0 spiro atoms. The SMILES string of the molecule is CCCc1nc(N(CC)CCOC)sc1CNCCOC. The van der Waals surface area contributed by atoms with Crippen LogP contribution < -0.4 is 10.2 Å². The average Bonchev–Trinajstić information content (AvgIpc) is 2.88. The average molecular weight is 315 g/mol. The van der Waals surface area contributed by atoms with E-state index in [-0.39, 0.29) is 0 Å². The Hall–Kier alpha value is -0.690. The van der Waals surface area contributed by atoms with Crippen molar-refractivity contribution >= 4 is 16.5 Å². The largest absolute Gasteiger partial charge is 0.383 e. The molecule has 0 saturated heterocycles. The Morgan fingerprint density at radius 3 is 2.57 bits per heavy atom. The van der Waals surface area contributed by atoms with E-state index in [0.29, 0.717) is 0 Å². The van der Waals surface area contributed by atoms with Gasteiger partial charge < -0.3 is 19.7 Å². The van der Waals surface area contributed by atoms with Crippen molar-refractivity contribution in [2.75, 3.05) is 52.0 Å². The van der Waals surface area contributed by atoms with Crippen LogP contribution in [0.3, 0.4) is 0 Å². The van der Waals surface area contributed by atoms with E-state index >= 15 is 0 Å². The molecule has 1 N–H and O–H groups in total. The van der Waals surface area contributed by atoms with Crippen LogP contribution in [-0.4, -0.2) is 52.1 Å². The van der Waals surface area contributed by atoms with E-state index in [1.807, 2.05) is 0 Å². The first-order valence-electron chi connectivity index (χ1n) is 7.68. The fraction of sp³-hybridized carbons (Fsp3) is 0.800. The third-order valence-corrected chi connectivity index (χ3v) is 4.40. The van der Waals surface area contributed by atoms with Crippen molar-refractivity contribution in [1.82, 2.24) is 10.3 Å². The maximum atomic E-state index is 5.18. The highest BCUT2D eigenvalue weighted by molar-refractivity contribution is 7.15. The lowest BCUT2D eigenvalue weighted by Crippen LogP contribution is -2.26. The highest BCUT2D eigenvalue weighted by atomic mass is 32.1. The Morgan fingerprint density at radius 2 is 1.95 bits per heavy atom. The van der Waals surface area contributed by atoms with E-state index in [1.165, 1.54) is 10.6 Å².